The SMILES string of the molecule is COc1cc(C)c(NC(=O)CNC(C)C)cc1OC. The second-order valence-corrected chi connectivity index (χ2v) is 4.61. The number of rotatable bonds is 6. The number of nitrogens with one attached hydrogen (secondary N) is 2. The Balaban J connectivity index is 2.80. The summed E-state index contributed by atoms with van der Waals surface area (Å²) in [6, 6.07) is 3.88. The summed E-state index contributed by atoms with van der Waals surface area (Å²) in [6.07, 6.45) is 0. The molecule has 0 heterocycles. The Morgan fingerprint density at radius 1 is 1.21 bits per heavy atom. The van der Waals surface area contributed by atoms with Crippen LogP contribution < -0.4 is 20.1 Å². The quantitative estimate of drug-likeness (QED) is 0.826. The number of aryl methyl sites for hydroxylation is 1. The van der Waals surface area contributed by atoms with E-state index in [2.05, 4.69) is 10.6 Å². The Hall–Kier alpha value is -1.75. The molecule has 0 saturated carbocycles. The molecule has 1 aromatic rings. The molecule has 2 N–H and O–H groups in total. The van der Waals surface area contributed by atoms with E-state index in [-0.39, 0.29) is 18.5 Å². The molecule has 0 aliphatic heterocycles. The fourth-order valence-electron chi connectivity index (χ4n) is 1.61. The van der Waals surface area contributed by atoms with Crippen molar-refractivity contribution in [1.82, 2.24) is 5.32 Å². The number of anilines is 1. The molecule has 0 aromatic heterocycles. The molecule has 19 heavy (non-hydrogen) atoms. The summed E-state index contributed by atoms with van der Waals surface area (Å²) in [4.78, 5) is 11.8. The van der Waals surface area contributed by atoms with Gasteiger partial charge in [-0.2, -0.15) is 0 Å². The molecule has 0 fully saturated rings. The predicted octanol–water partition coefficient (Wildman–Crippen LogP) is 1.95. The van der Waals surface area contributed by atoms with Crippen molar-refractivity contribution in [3.05, 3.63) is 17.7 Å². The summed E-state index contributed by atoms with van der Waals surface area (Å²) < 4.78 is 10.4. The lowest BCUT2D eigenvalue weighted by molar-refractivity contribution is -0.115. The summed E-state index contributed by atoms with van der Waals surface area (Å²) in [7, 11) is 3.15. The molecule has 0 spiro atoms. The number of amides is 1. The van der Waals surface area contributed by atoms with E-state index in [1.54, 1.807) is 20.3 Å². The molecule has 0 bridgehead atoms. The second-order valence-electron chi connectivity index (χ2n) is 4.61. The van der Waals surface area contributed by atoms with Crippen LogP contribution in [0, 0.1) is 6.92 Å². The summed E-state index contributed by atoms with van der Waals surface area (Å²) in [5.41, 5.74) is 1.66. The monoisotopic (exact) mass is 266 g/mol. The summed E-state index contributed by atoms with van der Waals surface area (Å²) in [5.74, 6) is 1.17. The highest BCUT2D eigenvalue weighted by Crippen LogP contribution is 2.32. The van der Waals surface area contributed by atoms with Gasteiger partial charge in [-0.25, -0.2) is 0 Å². The van der Waals surface area contributed by atoms with Crippen LogP contribution in [0.5, 0.6) is 11.5 Å². The van der Waals surface area contributed by atoms with Crippen molar-refractivity contribution in [1.29, 1.82) is 0 Å². The van der Waals surface area contributed by atoms with Crippen LogP contribution in [0.15, 0.2) is 12.1 Å². The minimum absolute atomic E-state index is 0.0796. The van der Waals surface area contributed by atoms with Crippen molar-refractivity contribution >= 4 is 11.6 Å². The third-order valence-corrected chi connectivity index (χ3v) is 2.68. The summed E-state index contributed by atoms with van der Waals surface area (Å²) in [5, 5.41) is 5.92. The molecule has 0 aliphatic carbocycles. The minimum Gasteiger partial charge on any atom is -0.493 e. The first-order valence-corrected chi connectivity index (χ1v) is 6.23. The van der Waals surface area contributed by atoms with E-state index < -0.39 is 0 Å². The standard InChI is InChI=1S/C14H22N2O3/c1-9(2)15-8-14(17)16-11-7-13(19-5)12(18-4)6-10(11)3/h6-7,9,15H,8H2,1-5H3,(H,16,17). The Morgan fingerprint density at radius 2 is 1.79 bits per heavy atom. The molecule has 5 heteroatoms. The zero-order valence-electron chi connectivity index (χ0n) is 12.2. The summed E-state index contributed by atoms with van der Waals surface area (Å²) >= 11 is 0. The maximum Gasteiger partial charge on any atom is 0.238 e. The number of methoxy groups -OCH3 is 2. The first-order valence-electron chi connectivity index (χ1n) is 6.23. The van der Waals surface area contributed by atoms with Gasteiger partial charge in [0.2, 0.25) is 5.91 Å². The van der Waals surface area contributed by atoms with Gasteiger partial charge < -0.3 is 20.1 Å². The van der Waals surface area contributed by atoms with Gasteiger partial charge >= 0.3 is 0 Å². The first-order chi connectivity index (χ1) is 8.97. The molecule has 106 valence electrons. The molecule has 1 aromatic carbocycles. The van der Waals surface area contributed by atoms with Gasteiger partial charge in [0.05, 0.1) is 20.8 Å². The van der Waals surface area contributed by atoms with Crippen LogP contribution in [-0.4, -0.2) is 32.7 Å². The summed E-state index contributed by atoms with van der Waals surface area (Å²) in [6.45, 7) is 6.18. The number of hydrogen-bond acceptors (Lipinski definition) is 4. The molecule has 0 aliphatic rings. The lowest BCUT2D eigenvalue weighted by atomic mass is 10.1. The van der Waals surface area contributed by atoms with Crippen LogP contribution in [0.2, 0.25) is 0 Å². The van der Waals surface area contributed by atoms with Crippen LogP contribution in [-0.2, 0) is 4.79 Å². The van der Waals surface area contributed by atoms with E-state index in [0.717, 1.165) is 11.3 Å². The number of carbonyl (C=O) groups is 1. The average Bonchev–Trinajstić information content (AvgIpc) is 2.38. The Morgan fingerprint density at radius 3 is 2.32 bits per heavy atom. The van der Waals surface area contributed by atoms with Crippen LogP contribution in [0.1, 0.15) is 19.4 Å². The van der Waals surface area contributed by atoms with Crippen molar-refractivity contribution < 1.29 is 14.3 Å². The molecule has 0 unspecified atom stereocenters. The first kappa shape index (κ1) is 15.3. The number of benzene rings is 1. The largest absolute Gasteiger partial charge is 0.493 e. The van der Waals surface area contributed by atoms with Crippen molar-refractivity contribution in [2.75, 3.05) is 26.1 Å². The molecule has 1 amide bonds. The van der Waals surface area contributed by atoms with Crippen molar-refractivity contribution in [3.63, 3.8) is 0 Å². The van der Waals surface area contributed by atoms with Gasteiger partial charge in [-0.3, -0.25) is 4.79 Å². The maximum atomic E-state index is 11.8. The minimum atomic E-state index is -0.0796. The number of ether oxygens (including phenoxy) is 2. The van der Waals surface area contributed by atoms with Crippen LogP contribution >= 0.6 is 0 Å². The fourth-order valence-corrected chi connectivity index (χ4v) is 1.61. The van der Waals surface area contributed by atoms with Crippen molar-refractivity contribution in [2.24, 2.45) is 0 Å². The van der Waals surface area contributed by atoms with Gasteiger partial charge in [-0.1, -0.05) is 13.8 Å². The number of carbonyl (C=O) groups excluding carboxylic acids is 1. The highest BCUT2D eigenvalue weighted by molar-refractivity contribution is 5.93. The van der Waals surface area contributed by atoms with Gasteiger partial charge in [0.15, 0.2) is 11.5 Å². The van der Waals surface area contributed by atoms with Gasteiger partial charge in [0, 0.05) is 17.8 Å². The average molecular weight is 266 g/mol. The molecule has 0 atom stereocenters. The van der Waals surface area contributed by atoms with Gasteiger partial charge in [0.25, 0.3) is 0 Å². The predicted molar refractivity (Wildman–Crippen MR) is 76.1 cm³/mol. The zero-order valence-corrected chi connectivity index (χ0v) is 12.2. The van der Waals surface area contributed by atoms with Gasteiger partial charge in [0.1, 0.15) is 0 Å². The van der Waals surface area contributed by atoms with E-state index >= 15 is 0 Å². The normalized spacial score (nSPS) is 10.4. The maximum absolute atomic E-state index is 11.8. The van der Waals surface area contributed by atoms with E-state index in [4.69, 9.17) is 9.47 Å². The van der Waals surface area contributed by atoms with Gasteiger partial charge in [-0.15, -0.1) is 0 Å². The molecular weight excluding hydrogens is 244 g/mol. The Kier molecular flexibility index (Phi) is 5.63. The Labute approximate surface area is 114 Å². The van der Waals surface area contributed by atoms with E-state index in [1.165, 1.54) is 0 Å². The Bertz CT molecular complexity index is 445. The molecular formula is C14H22N2O3. The highest BCUT2D eigenvalue weighted by Gasteiger charge is 2.11. The highest BCUT2D eigenvalue weighted by atomic mass is 16.5. The lowest BCUT2D eigenvalue weighted by Crippen LogP contribution is -2.32. The van der Waals surface area contributed by atoms with E-state index in [9.17, 15) is 4.79 Å². The van der Waals surface area contributed by atoms with E-state index in [0.29, 0.717) is 11.5 Å². The lowest BCUT2D eigenvalue weighted by Gasteiger charge is -2.14. The van der Waals surface area contributed by atoms with Crippen LogP contribution in [0.25, 0.3) is 0 Å². The van der Waals surface area contributed by atoms with Gasteiger partial charge in [-0.05, 0) is 18.6 Å². The van der Waals surface area contributed by atoms with Crippen molar-refractivity contribution in [2.45, 2.75) is 26.8 Å². The van der Waals surface area contributed by atoms with Crippen LogP contribution in [0.3, 0.4) is 0 Å². The van der Waals surface area contributed by atoms with Crippen molar-refractivity contribution in [3.8, 4) is 11.5 Å². The zero-order chi connectivity index (χ0) is 14.4. The fraction of sp³-hybridized carbons (Fsp3) is 0.500. The smallest absolute Gasteiger partial charge is 0.238 e. The van der Waals surface area contributed by atoms with Crippen LogP contribution in [0.4, 0.5) is 5.69 Å². The molecule has 0 radical (unpaired) electrons. The molecule has 0 saturated heterocycles. The third-order valence-electron chi connectivity index (χ3n) is 2.68. The van der Waals surface area contributed by atoms with E-state index in [1.807, 2.05) is 26.8 Å². The number of hydrogen-bond donors (Lipinski definition) is 2. The second kappa shape index (κ2) is 6.99. The topological polar surface area (TPSA) is 59.6 Å². The molecule has 5 nitrogen and oxygen atoms in total. The molecule has 1 rings (SSSR count). The third kappa shape index (κ3) is 4.44.